The van der Waals surface area contributed by atoms with Crippen LogP contribution in [0.25, 0.3) is 0 Å². The molecule has 6 nitrogen and oxygen atoms in total. The molecule has 134 valence electrons. The maximum atomic E-state index is 12.5. The Balaban J connectivity index is 2.36. The number of carbonyl (C=O) groups is 1. The molecule has 0 aliphatic carbocycles. The Morgan fingerprint density at radius 3 is 2.24 bits per heavy atom. The smallest absolute Gasteiger partial charge is 0.255 e. The van der Waals surface area contributed by atoms with E-state index in [1.54, 1.807) is 45.0 Å². The largest absolute Gasteiger partial charge is 0.495 e. The number of benzene rings is 2. The first-order valence-corrected chi connectivity index (χ1v) is 9.19. The minimum Gasteiger partial charge on any atom is -0.495 e. The molecule has 7 heteroatoms. The van der Waals surface area contributed by atoms with E-state index in [0.29, 0.717) is 11.3 Å². The molecule has 0 saturated heterocycles. The van der Waals surface area contributed by atoms with Crippen molar-refractivity contribution in [1.82, 2.24) is 4.72 Å². The quantitative estimate of drug-likeness (QED) is 0.856. The van der Waals surface area contributed by atoms with E-state index in [1.807, 2.05) is 6.07 Å². The number of methoxy groups -OCH3 is 1. The Labute approximate surface area is 148 Å². The molecule has 2 aromatic carbocycles. The zero-order chi connectivity index (χ0) is 18.7. The summed E-state index contributed by atoms with van der Waals surface area (Å²) in [5.74, 6) is 0.0243. The molecule has 0 fully saturated rings. The standard InChI is InChI=1S/C18H22N2O4S/c1-18(2,3)20-25(22,23)14-10-11-16(24-4)15(12-14)19-17(21)13-8-6-5-7-9-13/h5-12,20H,1-4H3,(H,19,21). The van der Waals surface area contributed by atoms with Crippen molar-refractivity contribution in [1.29, 1.82) is 0 Å². The van der Waals surface area contributed by atoms with Crippen molar-refractivity contribution >= 4 is 21.6 Å². The SMILES string of the molecule is COc1ccc(S(=O)(=O)NC(C)(C)C)cc1NC(=O)c1ccccc1. The van der Waals surface area contributed by atoms with Crippen LogP contribution in [-0.2, 0) is 10.0 Å². The Bertz CT molecular complexity index is 856. The van der Waals surface area contributed by atoms with E-state index in [2.05, 4.69) is 10.0 Å². The lowest BCUT2D eigenvalue weighted by Crippen LogP contribution is -2.40. The molecule has 2 rings (SSSR count). The van der Waals surface area contributed by atoms with Gasteiger partial charge in [-0.05, 0) is 51.1 Å². The van der Waals surface area contributed by atoms with Crippen LogP contribution < -0.4 is 14.8 Å². The predicted molar refractivity (Wildman–Crippen MR) is 97.5 cm³/mol. The van der Waals surface area contributed by atoms with Crippen molar-refractivity contribution in [2.45, 2.75) is 31.2 Å². The molecule has 0 saturated carbocycles. The molecule has 0 radical (unpaired) electrons. The monoisotopic (exact) mass is 362 g/mol. The summed E-state index contributed by atoms with van der Waals surface area (Å²) in [5.41, 5.74) is 0.130. The van der Waals surface area contributed by atoms with Crippen LogP contribution in [0.4, 0.5) is 5.69 Å². The highest BCUT2D eigenvalue weighted by Crippen LogP contribution is 2.28. The molecule has 0 aliphatic heterocycles. The molecule has 25 heavy (non-hydrogen) atoms. The summed E-state index contributed by atoms with van der Waals surface area (Å²) >= 11 is 0. The van der Waals surface area contributed by atoms with E-state index in [4.69, 9.17) is 4.74 Å². The van der Waals surface area contributed by atoms with Crippen LogP contribution in [0.1, 0.15) is 31.1 Å². The first-order valence-electron chi connectivity index (χ1n) is 7.71. The lowest BCUT2D eigenvalue weighted by molar-refractivity contribution is 0.102. The van der Waals surface area contributed by atoms with Gasteiger partial charge in [-0.15, -0.1) is 0 Å². The second-order valence-corrected chi connectivity index (χ2v) is 8.22. The minimum absolute atomic E-state index is 0.0478. The fourth-order valence-corrected chi connectivity index (χ4v) is 3.64. The van der Waals surface area contributed by atoms with Gasteiger partial charge in [0.15, 0.2) is 0 Å². The normalized spacial score (nSPS) is 11.8. The Morgan fingerprint density at radius 1 is 1.04 bits per heavy atom. The number of carbonyl (C=O) groups excluding carboxylic acids is 1. The molecule has 0 spiro atoms. The van der Waals surface area contributed by atoms with Gasteiger partial charge in [0, 0.05) is 11.1 Å². The van der Waals surface area contributed by atoms with E-state index >= 15 is 0 Å². The molecule has 0 aromatic heterocycles. The zero-order valence-electron chi connectivity index (χ0n) is 14.7. The first kappa shape index (κ1) is 19.0. The van der Waals surface area contributed by atoms with Crippen LogP contribution >= 0.6 is 0 Å². The highest BCUT2D eigenvalue weighted by molar-refractivity contribution is 7.89. The van der Waals surface area contributed by atoms with Crippen LogP contribution in [-0.4, -0.2) is 27.0 Å². The van der Waals surface area contributed by atoms with Crippen molar-refractivity contribution in [3.63, 3.8) is 0 Å². The number of hydrogen-bond donors (Lipinski definition) is 2. The van der Waals surface area contributed by atoms with Gasteiger partial charge in [-0.2, -0.15) is 0 Å². The maximum Gasteiger partial charge on any atom is 0.255 e. The molecule has 2 aromatic rings. The third kappa shape index (κ3) is 5.04. The fraction of sp³-hybridized carbons (Fsp3) is 0.278. The van der Waals surface area contributed by atoms with Crippen LogP contribution in [0, 0.1) is 0 Å². The minimum atomic E-state index is -3.72. The van der Waals surface area contributed by atoms with Crippen molar-refractivity contribution in [3.05, 3.63) is 54.1 Å². The van der Waals surface area contributed by atoms with Gasteiger partial charge in [-0.1, -0.05) is 18.2 Å². The van der Waals surface area contributed by atoms with Crippen molar-refractivity contribution in [2.75, 3.05) is 12.4 Å². The number of nitrogens with one attached hydrogen (secondary N) is 2. The summed E-state index contributed by atoms with van der Waals surface area (Å²) in [4.78, 5) is 12.4. The highest BCUT2D eigenvalue weighted by atomic mass is 32.2. The van der Waals surface area contributed by atoms with Gasteiger partial charge in [0.2, 0.25) is 10.0 Å². The maximum absolute atomic E-state index is 12.5. The van der Waals surface area contributed by atoms with E-state index in [-0.39, 0.29) is 16.5 Å². The fourth-order valence-electron chi connectivity index (χ4n) is 2.20. The number of anilines is 1. The first-order chi connectivity index (χ1) is 11.6. The van der Waals surface area contributed by atoms with Crippen molar-refractivity contribution in [2.24, 2.45) is 0 Å². The number of amides is 1. The average Bonchev–Trinajstić information content (AvgIpc) is 2.53. The molecular formula is C18H22N2O4S. The second-order valence-electron chi connectivity index (χ2n) is 6.54. The molecule has 0 atom stereocenters. The molecule has 0 aliphatic rings. The van der Waals surface area contributed by atoms with Gasteiger partial charge < -0.3 is 10.1 Å². The number of sulfonamides is 1. The van der Waals surface area contributed by atoms with Gasteiger partial charge in [-0.25, -0.2) is 13.1 Å². The van der Waals surface area contributed by atoms with Crippen LogP contribution in [0.15, 0.2) is 53.4 Å². The lowest BCUT2D eigenvalue weighted by atomic mass is 10.1. The Kier molecular flexibility index (Phi) is 5.49. The van der Waals surface area contributed by atoms with E-state index in [1.165, 1.54) is 25.3 Å². The van der Waals surface area contributed by atoms with Crippen LogP contribution in [0.5, 0.6) is 5.75 Å². The highest BCUT2D eigenvalue weighted by Gasteiger charge is 2.23. The van der Waals surface area contributed by atoms with Crippen molar-refractivity contribution < 1.29 is 17.9 Å². The second kappa shape index (κ2) is 7.25. The Hall–Kier alpha value is -2.38. The van der Waals surface area contributed by atoms with E-state index < -0.39 is 15.6 Å². The van der Waals surface area contributed by atoms with E-state index in [0.717, 1.165) is 0 Å². The lowest BCUT2D eigenvalue weighted by Gasteiger charge is -2.21. The van der Waals surface area contributed by atoms with Gasteiger partial charge >= 0.3 is 0 Å². The third-order valence-electron chi connectivity index (χ3n) is 3.21. The molecule has 0 unspecified atom stereocenters. The summed E-state index contributed by atoms with van der Waals surface area (Å²) in [7, 11) is -2.27. The average molecular weight is 362 g/mol. The van der Waals surface area contributed by atoms with Gasteiger partial charge in [0.25, 0.3) is 5.91 Å². The van der Waals surface area contributed by atoms with Crippen LogP contribution in [0.3, 0.4) is 0 Å². The summed E-state index contributed by atoms with van der Waals surface area (Å²) in [6, 6.07) is 13.0. The Morgan fingerprint density at radius 2 is 1.68 bits per heavy atom. The molecule has 1 amide bonds. The molecule has 2 N–H and O–H groups in total. The predicted octanol–water partition coefficient (Wildman–Crippen LogP) is 3.02. The van der Waals surface area contributed by atoms with Gasteiger partial charge in [0.05, 0.1) is 17.7 Å². The molecular weight excluding hydrogens is 340 g/mol. The summed E-state index contributed by atoms with van der Waals surface area (Å²) < 4.78 is 32.8. The third-order valence-corrected chi connectivity index (χ3v) is 4.96. The molecule has 0 heterocycles. The van der Waals surface area contributed by atoms with E-state index in [9.17, 15) is 13.2 Å². The summed E-state index contributed by atoms with van der Waals surface area (Å²) in [5, 5.41) is 2.70. The number of ether oxygens (including phenoxy) is 1. The van der Waals surface area contributed by atoms with Crippen molar-refractivity contribution in [3.8, 4) is 5.75 Å². The van der Waals surface area contributed by atoms with Gasteiger partial charge in [0.1, 0.15) is 5.75 Å². The van der Waals surface area contributed by atoms with Gasteiger partial charge in [-0.3, -0.25) is 4.79 Å². The number of rotatable bonds is 5. The summed E-state index contributed by atoms with van der Waals surface area (Å²) in [6.07, 6.45) is 0. The summed E-state index contributed by atoms with van der Waals surface area (Å²) in [6.45, 7) is 5.27. The topological polar surface area (TPSA) is 84.5 Å². The zero-order valence-corrected chi connectivity index (χ0v) is 15.5. The molecule has 0 bridgehead atoms. The number of hydrogen-bond acceptors (Lipinski definition) is 4. The van der Waals surface area contributed by atoms with Crippen LogP contribution in [0.2, 0.25) is 0 Å².